The summed E-state index contributed by atoms with van der Waals surface area (Å²) < 4.78 is 5.37. The van der Waals surface area contributed by atoms with Gasteiger partial charge in [-0.15, -0.1) is 0 Å². The van der Waals surface area contributed by atoms with E-state index in [0.29, 0.717) is 17.0 Å². The molecule has 16 heavy (non-hydrogen) atoms. The first kappa shape index (κ1) is 10.6. The van der Waals surface area contributed by atoms with Crippen LogP contribution in [0.4, 0.5) is 5.69 Å². The summed E-state index contributed by atoms with van der Waals surface area (Å²) in [4.78, 5) is 22.7. The molecule has 1 amide bonds. The second-order valence-electron chi connectivity index (χ2n) is 3.59. The Balaban J connectivity index is 2.36. The third-order valence-electron chi connectivity index (χ3n) is 2.42. The zero-order chi connectivity index (χ0) is 11.7. The predicted octanol–water partition coefficient (Wildman–Crippen LogP) is 0.547. The number of nitrogens with two attached hydrogens (primary N) is 1. The molecule has 1 atom stereocenters. The Morgan fingerprint density at radius 2 is 2.31 bits per heavy atom. The van der Waals surface area contributed by atoms with Gasteiger partial charge in [-0.1, -0.05) is 0 Å². The molecule has 0 spiro atoms. The molecule has 1 aromatic rings. The summed E-state index contributed by atoms with van der Waals surface area (Å²) in [6.45, 7) is 1.61. The van der Waals surface area contributed by atoms with E-state index in [1.54, 1.807) is 25.1 Å². The Morgan fingerprint density at radius 3 is 3.00 bits per heavy atom. The number of hydrogen-bond donors (Lipinski definition) is 2. The van der Waals surface area contributed by atoms with E-state index in [9.17, 15) is 9.59 Å². The van der Waals surface area contributed by atoms with Crippen molar-refractivity contribution in [2.24, 2.45) is 5.73 Å². The fourth-order valence-electron chi connectivity index (χ4n) is 1.49. The highest BCUT2D eigenvalue weighted by Gasteiger charge is 2.23. The molecule has 0 aliphatic carbocycles. The number of ether oxygens (including phenoxy) is 1. The van der Waals surface area contributed by atoms with E-state index in [2.05, 4.69) is 5.32 Å². The van der Waals surface area contributed by atoms with E-state index in [1.807, 2.05) is 0 Å². The maximum Gasteiger partial charge on any atom is 0.265 e. The third-order valence-corrected chi connectivity index (χ3v) is 2.42. The highest BCUT2D eigenvalue weighted by Crippen LogP contribution is 2.30. The molecule has 84 valence electrons. The van der Waals surface area contributed by atoms with Gasteiger partial charge in [-0.25, -0.2) is 0 Å². The van der Waals surface area contributed by atoms with E-state index >= 15 is 0 Å². The molecule has 1 aromatic carbocycles. The van der Waals surface area contributed by atoms with Crippen LogP contribution in [-0.2, 0) is 4.79 Å². The van der Waals surface area contributed by atoms with E-state index in [0.717, 1.165) is 0 Å². The number of carbonyl (C=O) groups excluding carboxylic acids is 2. The molecule has 0 saturated heterocycles. The maximum absolute atomic E-state index is 11.4. The molecule has 1 unspecified atom stereocenters. The van der Waals surface area contributed by atoms with Crippen LogP contribution in [0.15, 0.2) is 18.2 Å². The molecule has 1 heterocycles. The largest absolute Gasteiger partial charge is 0.479 e. The first-order chi connectivity index (χ1) is 7.61. The van der Waals surface area contributed by atoms with Crippen LogP contribution in [0.5, 0.6) is 5.75 Å². The normalized spacial score (nSPS) is 18.4. The zero-order valence-electron chi connectivity index (χ0n) is 8.82. The molecule has 0 saturated carbocycles. The van der Waals surface area contributed by atoms with Crippen LogP contribution in [0, 0.1) is 0 Å². The van der Waals surface area contributed by atoms with Gasteiger partial charge < -0.3 is 15.8 Å². The van der Waals surface area contributed by atoms with Crippen molar-refractivity contribution in [3.8, 4) is 5.75 Å². The van der Waals surface area contributed by atoms with Crippen LogP contribution in [0.1, 0.15) is 17.3 Å². The third kappa shape index (κ3) is 1.77. The van der Waals surface area contributed by atoms with Crippen molar-refractivity contribution in [2.45, 2.75) is 13.0 Å². The van der Waals surface area contributed by atoms with Crippen molar-refractivity contribution < 1.29 is 14.3 Å². The Bertz CT molecular complexity index is 457. The van der Waals surface area contributed by atoms with E-state index in [4.69, 9.17) is 10.5 Å². The molecule has 1 aliphatic rings. The monoisotopic (exact) mass is 220 g/mol. The summed E-state index contributed by atoms with van der Waals surface area (Å²) in [6, 6.07) is 4.86. The number of nitrogens with one attached hydrogen (secondary N) is 1. The second kappa shape index (κ2) is 3.94. The molecule has 0 bridgehead atoms. The van der Waals surface area contributed by atoms with Crippen molar-refractivity contribution >= 4 is 17.4 Å². The van der Waals surface area contributed by atoms with Crippen LogP contribution in [0.2, 0.25) is 0 Å². The van der Waals surface area contributed by atoms with Gasteiger partial charge in [0.2, 0.25) is 0 Å². The van der Waals surface area contributed by atoms with Crippen LogP contribution in [0.25, 0.3) is 0 Å². The molecule has 0 aromatic heterocycles. The Morgan fingerprint density at radius 1 is 1.56 bits per heavy atom. The number of rotatable bonds is 2. The molecule has 0 radical (unpaired) electrons. The predicted molar refractivity (Wildman–Crippen MR) is 58.5 cm³/mol. The number of hydrogen-bond acceptors (Lipinski definition) is 4. The summed E-state index contributed by atoms with van der Waals surface area (Å²) in [7, 11) is 0. The Hall–Kier alpha value is -1.88. The van der Waals surface area contributed by atoms with E-state index in [1.165, 1.54) is 0 Å². The Labute approximate surface area is 92.6 Å². The first-order valence-corrected chi connectivity index (χ1v) is 4.96. The summed E-state index contributed by atoms with van der Waals surface area (Å²) in [6.07, 6.45) is -0.546. The average molecular weight is 220 g/mol. The van der Waals surface area contributed by atoms with Gasteiger partial charge in [0.25, 0.3) is 5.91 Å². The summed E-state index contributed by atoms with van der Waals surface area (Å²) in [5.41, 5.74) is 6.34. The highest BCUT2D eigenvalue weighted by atomic mass is 16.5. The van der Waals surface area contributed by atoms with Gasteiger partial charge in [-0.2, -0.15) is 0 Å². The van der Waals surface area contributed by atoms with Gasteiger partial charge in [0, 0.05) is 5.56 Å². The van der Waals surface area contributed by atoms with Crippen molar-refractivity contribution in [1.82, 2.24) is 0 Å². The van der Waals surface area contributed by atoms with E-state index in [-0.39, 0.29) is 18.2 Å². The Kier molecular flexibility index (Phi) is 2.62. The number of fused-ring (bicyclic) bond motifs is 1. The summed E-state index contributed by atoms with van der Waals surface area (Å²) in [5.74, 6) is 0.160. The van der Waals surface area contributed by atoms with Crippen molar-refractivity contribution in [1.29, 1.82) is 0 Å². The molecule has 5 nitrogen and oxygen atoms in total. The quantitative estimate of drug-likeness (QED) is 0.713. The van der Waals surface area contributed by atoms with Gasteiger partial charge in [0.05, 0.1) is 12.2 Å². The zero-order valence-corrected chi connectivity index (χ0v) is 8.82. The minimum absolute atomic E-state index is 0.0410. The molecule has 3 N–H and O–H groups in total. The lowest BCUT2D eigenvalue weighted by Gasteiger charge is -2.23. The van der Waals surface area contributed by atoms with Crippen LogP contribution in [-0.4, -0.2) is 24.3 Å². The average Bonchev–Trinajstić information content (AvgIpc) is 2.29. The van der Waals surface area contributed by atoms with Crippen molar-refractivity contribution in [2.75, 3.05) is 11.9 Å². The van der Waals surface area contributed by atoms with Crippen molar-refractivity contribution in [3.63, 3.8) is 0 Å². The van der Waals surface area contributed by atoms with Crippen LogP contribution < -0.4 is 15.8 Å². The van der Waals surface area contributed by atoms with E-state index < -0.39 is 6.10 Å². The topological polar surface area (TPSA) is 81.4 Å². The second-order valence-corrected chi connectivity index (χ2v) is 3.59. The number of amides is 1. The minimum Gasteiger partial charge on any atom is -0.479 e. The fraction of sp³-hybridized carbons (Fsp3) is 0.273. The van der Waals surface area contributed by atoms with Gasteiger partial charge >= 0.3 is 0 Å². The number of benzene rings is 1. The maximum atomic E-state index is 11.4. The lowest BCUT2D eigenvalue weighted by atomic mass is 10.1. The highest BCUT2D eigenvalue weighted by molar-refractivity contribution is 6.01. The van der Waals surface area contributed by atoms with Gasteiger partial charge in [0.1, 0.15) is 5.75 Å². The lowest BCUT2D eigenvalue weighted by molar-refractivity contribution is -0.122. The number of ketones is 1. The molecular weight excluding hydrogens is 208 g/mol. The van der Waals surface area contributed by atoms with Gasteiger partial charge in [-0.05, 0) is 25.1 Å². The molecule has 2 rings (SSSR count). The van der Waals surface area contributed by atoms with Crippen molar-refractivity contribution in [3.05, 3.63) is 23.8 Å². The molecule has 0 fully saturated rings. The van der Waals surface area contributed by atoms with Crippen LogP contribution in [0.3, 0.4) is 0 Å². The molecular formula is C11H12N2O3. The summed E-state index contributed by atoms with van der Waals surface area (Å²) in [5, 5.41) is 2.69. The lowest BCUT2D eigenvalue weighted by Crippen LogP contribution is -2.34. The molecule has 5 heteroatoms. The smallest absolute Gasteiger partial charge is 0.265 e. The standard InChI is InChI=1S/C11H12N2O3/c1-6-11(15)13-8-3-2-7(9(14)5-12)4-10(8)16-6/h2-4,6H,5,12H2,1H3,(H,13,15). The van der Waals surface area contributed by atoms with Gasteiger partial charge in [0.15, 0.2) is 11.9 Å². The number of Topliss-reactive ketones (excluding diaryl/α,β-unsaturated/α-hetero) is 1. The van der Waals surface area contributed by atoms with Crippen LogP contribution >= 0.6 is 0 Å². The number of anilines is 1. The summed E-state index contributed by atoms with van der Waals surface area (Å²) >= 11 is 0. The number of carbonyl (C=O) groups is 2. The fourth-order valence-corrected chi connectivity index (χ4v) is 1.49. The minimum atomic E-state index is -0.546. The van der Waals surface area contributed by atoms with Gasteiger partial charge in [-0.3, -0.25) is 9.59 Å². The SMILES string of the molecule is CC1Oc2cc(C(=O)CN)ccc2NC1=O. The first-order valence-electron chi connectivity index (χ1n) is 4.96. The molecule has 1 aliphatic heterocycles.